The summed E-state index contributed by atoms with van der Waals surface area (Å²) in [4.78, 5) is 10.2. The van der Waals surface area contributed by atoms with Gasteiger partial charge in [-0.05, 0) is 5.92 Å². The Morgan fingerprint density at radius 3 is 2.27 bits per heavy atom. The van der Waals surface area contributed by atoms with Gasteiger partial charge in [-0.1, -0.05) is 20.3 Å². The monoisotopic (exact) mass is 185 g/mol. The molecular weight excluding hydrogens is 173 g/mol. The first-order valence-electron chi connectivity index (χ1n) is 3.22. The molecule has 68 valence electrons. The third kappa shape index (κ3) is 4.16. The molecule has 0 saturated carbocycles. The lowest BCUT2D eigenvalue weighted by molar-refractivity contribution is -0.142. The summed E-state index contributed by atoms with van der Waals surface area (Å²) >= 11 is 0. The third-order valence-electron chi connectivity index (χ3n) is 1.60. The topological polar surface area (TPSA) is 49.3 Å². The van der Waals surface area contributed by atoms with Gasteiger partial charge in [-0.15, -0.1) is 22.4 Å². The van der Waals surface area contributed by atoms with Gasteiger partial charge in [0.2, 0.25) is 0 Å². The number of hydrogen-bond acceptors (Lipinski definition) is 2. The summed E-state index contributed by atoms with van der Waals surface area (Å²) in [5.41, 5.74) is 1.25. The highest BCUT2D eigenvalue weighted by Gasteiger charge is 2.22. The van der Waals surface area contributed by atoms with Gasteiger partial charge >= 0.3 is 5.97 Å². The lowest BCUT2D eigenvalue weighted by atomic mass is 10.0. The van der Waals surface area contributed by atoms with E-state index < -0.39 is 12.0 Å². The van der Waals surface area contributed by atoms with Crippen molar-refractivity contribution in [1.82, 2.24) is 5.54 Å². The first-order chi connectivity index (χ1) is 4.63. The second-order valence-electron chi connectivity index (χ2n) is 2.31. The average molecular weight is 186 g/mol. The Morgan fingerprint density at radius 2 is 2.18 bits per heavy atom. The maximum atomic E-state index is 11.7. The fourth-order valence-electron chi connectivity index (χ4n) is 0.633. The molecule has 3 nitrogen and oxygen atoms in total. The number of carboxylic acid groups (broad SMARTS) is 1. The molecule has 0 aromatic heterocycles. The lowest BCUT2D eigenvalue weighted by Gasteiger charge is -2.14. The molecule has 0 aliphatic carbocycles. The Kier molecular flexibility index (Phi) is 7.67. The fraction of sp³-hybridized carbons (Fsp3) is 0.833. The van der Waals surface area contributed by atoms with Crippen molar-refractivity contribution in [3.05, 3.63) is 0 Å². The molecule has 0 rings (SSSR count). The molecule has 0 fully saturated rings. The molecule has 2 atom stereocenters. The fourth-order valence-corrected chi connectivity index (χ4v) is 0.633. The van der Waals surface area contributed by atoms with Crippen molar-refractivity contribution in [2.45, 2.75) is 26.3 Å². The summed E-state index contributed by atoms with van der Waals surface area (Å²) in [6, 6.07) is -1.06. The minimum Gasteiger partial charge on any atom is -0.480 e. The van der Waals surface area contributed by atoms with E-state index in [4.69, 9.17) is 5.11 Å². The SMILES string of the molecule is CCC(C)C(NF)C(=O)O.Cl. The predicted octanol–water partition coefficient (Wildman–Crippen LogP) is 1.38. The van der Waals surface area contributed by atoms with Crippen LogP contribution in [0, 0.1) is 5.92 Å². The predicted molar refractivity (Wildman–Crippen MR) is 42.4 cm³/mol. The second-order valence-corrected chi connectivity index (χ2v) is 2.31. The van der Waals surface area contributed by atoms with Crippen molar-refractivity contribution in [2.75, 3.05) is 0 Å². The van der Waals surface area contributed by atoms with Crippen molar-refractivity contribution < 1.29 is 14.4 Å². The van der Waals surface area contributed by atoms with Crippen LogP contribution in [0.15, 0.2) is 0 Å². The lowest BCUT2D eigenvalue weighted by Crippen LogP contribution is -2.37. The number of hydrogen-bond donors (Lipinski definition) is 2. The molecule has 0 radical (unpaired) electrons. The summed E-state index contributed by atoms with van der Waals surface area (Å²) in [6.07, 6.45) is 0.647. The van der Waals surface area contributed by atoms with E-state index in [-0.39, 0.29) is 18.3 Å². The largest absolute Gasteiger partial charge is 0.480 e. The van der Waals surface area contributed by atoms with Crippen LogP contribution >= 0.6 is 12.4 Å². The number of aliphatic carboxylic acids is 1. The van der Waals surface area contributed by atoms with E-state index in [1.807, 2.05) is 6.92 Å². The van der Waals surface area contributed by atoms with E-state index in [1.54, 1.807) is 6.92 Å². The van der Waals surface area contributed by atoms with Gasteiger partial charge in [0.25, 0.3) is 0 Å². The zero-order valence-corrected chi connectivity index (χ0v) is 7.32. The summed E-state index contributed by atoms with van der Waals surface area (Å²) in [5.74, 6) is -1.32. The van der Waals surface area contributed by atoms with Gasteiger partial charge in [0, 0.05) is 0 Å². The number of nitrogens with one attached hydrogen (secondary N) is 1. The van der Waals surface area contributed by atoms with Crippen LogP contribution in [0.5, 0.6) is 0 Å². The highest BCUT2D eigenvalue weighted by molar-refractivity contribution is 5.85. The van der Waals surface area contributed by atoms with Crippen molar-refractivity contribution in [1.29, 1.82) is 0 Å². The van der Waals surface area contributed by atoms with Gasteiger partial charge in [-0.2, -0.15) is 0 Å². The molecule has 0 aromatic rings. The standard InChI is InChI=1S/C6H12FNO2.ClH/c1-3-4(2)5(8-7)6(9)10;/h4-5,8H,3H2,1-2H3,(H,9,10);1H. The van der Waals surface area contributed by atoms with Crippen molar-refractivity contribution in [3.8, 4) is 0 Å². The molecule has 0 aliphatic heterocycles. The van der Waals surface area contributed by atoms with Crippen LogP contribution in [0.3, 0.4) is 0 Å². The van der Waals surface area contributed by atoms with Crippen LogP contribution in [-0.4, -0.2) is 17.1 Å². The van der Waals surface area contributed by atoms with E-state index in [2.05, 4.69) is 0 Å². The number of carboxylic acids is 1. The second kappa shape index (κ2) is 6.37. The van der Waals surface area contributed by atoms with Gasteiger partial charge in [-0.25, -0.2) is 0 Å². The minimum atomic E-state index is -1.14. The molecule has 0 aliphatic rings. The Balaban J connectivity index is 0. The Labute approximate surface area is 71.3 Å². The highest BCUT2D eigenvalue weighted by atomic mass is 35.5. The van der Waals surface area contributed by atoms with Gasteiger partial charge in [0.05, 0.1) is 0 Å². The first kappa shape index (κ1) is 13.3. The summed E-state index contributed by atoms with van der Waals surface area (Å²) in [7, 11) is 0. The van der Waals surface area contributed by atoms with Gasteiger partial charge in [0.1, 0.15) is 6.04 Å². The smallest absolute Gasteiger partial charge is 0.323 e. The van der Waals surface area contributed by atoms with Crippen LogP contribution in [0.4, 0.5) is 4.48 Å². The van der Waals surface area contributed by atoms with Crippen LogP contribution < -0.4 is 5.54 Å². The van der Waals surface area contributed by atoms with Crippen molar-refractivity contribution in [3.63, 3.8) is 0 Å². The molecule has 0 spiro atoms. The summed E-state index contributed by atoms with van der Waals surface area (Å²) < 4.78 is 11.7. The molecule has 2 unspecified atom stereocenters. The molecule has 2 N–H and O–H groups in total. The zero-order chi connectivity index (χ0) is 8.15. The van der Waals surface area contributed by atoms with E-state index in [1.165, 1.54) is 5.54 Å². The molecule has 0 bridgehead atoms. The molecular formula is C6H13ClFNO2. The van der Waals surface area contributed by atoms with E-state index in [9.17, 15) is 9.28 Å². The van der Waals surface area contributed by atoms with E-state index >= 15 is 0 Å². The zero-order valence-electron chi connectivity index (χ0n) is 6.50. The number of carbonyl (C=O) groups is 1. The van der Waals surface area contributed by atoms with Crippen molar-refractivity contribution in [2.24, 2.45) is 5.92 Å². The molecule has 0 aromatic carbocycles. The van der Waals surface area contributed by atoms with Crippen LogP contribution in [0.2, 0.25) is 0 Å². The van der Waals surface area contributed by atoms with Gasteiger partial charge in [-0.3, -0.25) is 4.79 Å². The highest BCUT2D eigenvalue weighted by Crippen LogP contribution is 2.07. The first-order valence-corrected chi connectivity index (χ1v) is 3.22. The normalized spacial score (nSPS) is 14.8. The van der Waals surface area contributed by atoms with E-state index in [0.717, 1.165) is 0 Å². The quantitative estimate of drug-likeness (QED) is 0.651. The summed E-state index contributed by atoms with van der Waals surface area (Å²) in [6.45, 7) is 3.50. The average Bonchev–Trinajstić information content (AvgIpc) is 1.88. The molecule has 0 saturated heterocycles. The van der Waals surface area contributed by atoms with Crippen LogP contribution in [0.1, 0.15) is 20.3 Å². The van der Waals surface area contributed by atoms with Gasteiger partial charge in [0.15, 0.2) is 0 Å². The van der Waals surface area contributed by atoms with Crippen LogP contribution in [0.25, 0.3) is 0 Å². The number of halogens is 2. The molecule has 11 heavy (non-hydrogen) atoms. The summed E-state index contributed by atoms with van der Waals surface area (Å²) in [5, 5.41) is 8.37. The Morgan fingerprint density at radius 1 is 1.73 bits per heavy atom. The molecule has 5 heteroatoms. The Bertz CT molecular complexity index is 123. The van der Waals surface area contributed by atoms with Gasteiger partial charge < -0.3 is 5.11 Å². The number of rotatable bonds is 4. The Hall–Kier alpha value is -0.350. The van der Waals surface area contributed by atoms with Crippen LogP contribution in [-0.2, 0) is 4.79 Å². The molecule has 0 amide bonds. The van der Waals surface area contributed by atoms with E-state index in [0.29, 0.717) is 6.42 Å². The minimum absolute atomic E-state index is 0. The van der Waals surface area contributed by atoms with Crippen molar-refractivity contribution >= 4 is 18.4 Å². The maximum absolute atomic E-state index is 11.7. The maximum Gasteiger partial charge on any atom is 0.323 e. The molecule has 0 heterocycles. The third-order valence-corrected chi connectivity index (χ3v) is 1.60.